The van der Waals surface area contributed by atoms with Gasteiger partial charge >= 0.3 is 0 Å². The standard InChI is InChI=1S/C20H20O6/c1-4-19(3)10-20(5-2,11-6-8-13(21)16(24)15(11)23)26-18-12(19)7-9-14(22)17(18)25/h4-9,21-25H,1-2,10H2,3H3. The highest BCUT2D eigenvalue weighted by atomic mass is 16.5. The number of benzene rings is 2. The van der Waals surface area contributed by atoms with Crippen molar-refractivity contribution in [3.8, 4) is 34.5 Å². The molecular formula is C20H20O6. The van der Waals surface area contributed by atoms with Gasteiger partial charge in [0.15, 0.2) is 28.6 Å². The summed E-state index contributed by atoms with van der Waals surface area (Å²) in [5.41, 5.74) is -1.28. The third kappa shape index (κ3) is 2.26. The Kier molecular flexibility index (Phi) is 3.79. The van der Waals surface area contributed by atoms with Crippen LogP contribution in [0.5, 0.6) is 34.5 Å². The second-order valence-corrected chi connectivity index (χ2v) is 6.63. The fourth-order valence-corrected chi connectivity index (χ4v) is 3.44. The highest BCUT2D eigenvalue weighted by molar-refractivity contribution is 5.62. The molecule has 3 rings (SSSR count). The van der Waals surface area contributed by atoms with E-state index < -0.39 is 34.0 Å². The number of allylic oxidation sites excluding steroid dienone is 1. The van der Waals surface area contributed by atoms with Crippen molar-refractivity contribution in [2.24, 2.45) is 0 Å². The summed E-state index contributed by atoms with van der Waals surface area (Å²) in [6, 6.07) is 5.62. The van der Waals surface area contributed by atoms with E-state index in [1.807, 2.05) is 6.92 Å². The lowest BCUT2D eigenvalue weighted by Crippen LogP contribution is -2.42. The molecule has 26 heavy (non-hydrogen) atoms. The van der Waals surface area contributed by atoms with E-state index in [2.05, 4.69) is 13.2 Å². The zero-order chi connectivity index (χ0) is 19.3. The molecule has 1 aliphatic rings. The van der Waals surface area contributed by atoms with E-state index in [4.69, 9.17) is 4.74 Å². The third-order valence-corrected chi connectivity index (χ3v) is 5.01. The lowest BCUT2D eigenvalue weighted by Gasteiger charge is -2.45. The van der Waals surface area contributed by atoms with Gasteiger partial charge in [-0.3, -0.25) is 0 Å². The van der Waals surface area contributed by atoms with Crippen LogP contribution in [0.1, 0.15) is 24.5 Å². The number of phenols is 5. The van der Waals surface area contributed by atoms with Gasteiger partial charge in [-0.15, -0.1) is 6.58 Å². The first-order valence-electron chi connectivity index (χ1n) is 7.95. The van der Waals surface area contributed by atoms with Crippen molar-refractivity contribution in [2.45, 2.75) is 24.4 Å². The highest BCUT2D eigenvalue weighted by Crippen LogP contribution is 2.57. The average Bonchev–Trinajstić information content (AvgIpc) is 2.63. The van der Waals surface area contributed by atoms with Crippen LogP contribution in [0.4, 0.5) is 0 Å². The van der Waals surface area contributed by atoms with Gasteiger partial charge in [-0.2, -0.15) is 0 Å². The Hall–Kier alpha value is -3.28. The van der Waals surface area contributed by atoms with Crippen LogP contribution in [-0.2, 0) is 11.0 Å². The average molecular weight is 356 g/mol. The van der Waals surface area contributed by atoms with Crippen LogP contribution in [0.3, 0.4) is 0 Å². The normalized spacial score (nSPS) is 24.3. The van der Waals surface area contributed by atoms with Crippen molar-refractivity contribution in [1.29, 1.82) is 0 Å². The van der Waals surface area contributed by atoms with Crippen molar-refractivity contribution in [3.63, 3.8) is 0 Å². The van der Waals surface area contributed by atoms with E-state index in [1.165, 1.54) is 24.3 Å². The minimum atomic E-state index is -1.35. The lowest BCUT2D eigenvalue weighted by atomic mass is 9.69. The smallest absolute Gasteiger partial charge is 0.200 e. The molecule has 2 unspecified atom stereocenters. The summed E-state index contributed by atoms with van der Waals surface area (Å²) >= 11 is 0. The van der Waals surface area contributed by atoms with Crippen LogP contribution in [0, 0.1) is 0 Å². The van der Waals surface area contributed by atoms with Gasteiger partial charge in [0.25, 0.3) is 0 Å². The van der Waals surface area contributed by atoms with E-state index in [0.717, 1.165) is 0 Å². The quantitative estimate of drug-likeness (QED) is 0.425. The molecule has 0 saturated carbocycles. The van der Waals surface area contributed by atoms with Crippen LogP contribution in [-0.4, -0.2) is 25.5 Å². The number of phenolic OH excluding ortho intramolecular Hbond substituents is 5. The van der Waals surface area contributed by atoms with Gasteiger partial charge < -0.3 is 30.3 Å². The predicted octanol–water partition coefficient (Wildman–Crippen LogP) is 3.52. The van der Waals surface area contributed by atoms with Gasteiger partial charge in [0.05, 0.1) is 0 Å². The second-order valence-electron chi connectivity index (χ2n) is 6.63. The summed E-state index contributed by atoms with van der Waals surface area (Å²) in [6.07, 6.45) is 3.37. The molecule has 2 atom stereocenters. The Labute approximate surface area is 150 Å². The van der Waals surface area contributed by atoms with Crippen LogP contribution in [0.25, 0.3) is 0 Å². The predicted molar refractivity (Wildman–Crippen MR) is 95.9 cm³/mol. The molecule has 5 N–H and O–H groups in total. The van der Waals surface area contributed by atoms with Crippen molar-refractivity contribution in [2.75, 3.05) is 0 Å². The fraction of sp³-hybridized carbons (Fsp3) is 0.200. The molecule has 0 saturated heterocycles. The monoisotopic (exact) mass is 356 g/mol. The van der Waals surface area contributed by atoms with Crippen LogP contribution in [0.15, 0.2) is 49.6 Å². The van der Waals surface area contributed by atoms with Gasteiger partial charge in [-0.1, -0.05) is 25.6 Å². The maximum atomic E-state index is 10.4. The molecule has 0 bridgehead atoms. The van der Waals surface area contributed by atoms with Crippen molar-refractivity contribution >= 4 is 0 Å². The summed E-state index contributed by atoms with van der Waals surface area (Å²) in [5, 5.41) is 50.1. The SMILES string of the molecule is C=CC1(C)CC(C=C)(c2ccc(O)c(O)c2O)Oc2c1ccc(O)c2O. The molecule has 6 nitrogen and oxygen atoms in total. The first-order chi connectivity index (χ1) is 12.2. The Morgan fingerprint density at radius 3 is 2.00 bits per heavy atom. The number of fused-ring (bicyclic) bond motifs is 1. The molecule has 0 fully saturated rings. The van der Waals surface area contributed by atoms with Gasteiger partial charge in [0.2, 0.25) is 11.5 Å². The van der Waals surface area contributed by atoms with E-state index >= 15 is 0 Å². The number of rotatable bonds is 3. The summed E-state index contributed by atoms with van der Waals surface area (Å²) in [4.78, 5) is 0. The zero-order valence-corrected chi connectivity index (χ0v) is 14.2. The lowest BCUT2D eigenvalue weighted by molar-refractivity contribution is 0.0607. The zero-order valence-electron chi connectivity index (χ0n) is 14.2. The molecule has 0 radical (unpaired) electrons. The maximum absolute atomic E-state index is 10.4. The Morgan fingerprint density at radius 2 is 1.42 bits per heavy atom. The fourth-order valence-electron chi connectivity index (χ4n) is 3.44. The molecule has 6 heteroatoms. The summed E-state index contributed by atoms with van der Waals surface area (Å²) in [5.74, 6) is -2.48. The molecule has 2 aromatic carbocycles. The van der Waals surface area contributed by atoms with E-state index in [9.17, 15) is 25.5 Å². The number of hydrogen-bond donors (Lipinski definition) is 5. The second kappa shape index (κ2) is 5.62. The Balaban J connectivity index is 2.31. The minimum Gasteiger partial charge on any atom is -0.504 e. The first kappa shape index (κ1) is 17.5. The van der Waals surface area contributed by atoms with Gasteiger partial charge in [-0.25, -0.2) is 0 Å². The molecule has 1 heterocycles. The van der Waals surface area contributed by atoms with Crippen molar-refractivity contribution in [3.05, 3.63) is 60.7 Å². The van der Waals surface area contributed by atoms with Gasteiger partial charge in [-0.05, 0) is 24.3 Å². The van der Waals surface area contributed by atoms with Gasteiger partial charge in [0.1, 0.15) is 0 Å². The van der Waals surface area contributed by atoms with Crippen molar-refractivity contribution < 1.29 is 30.3 Å². The molecule has 0 spiro atoms. The molecule has 2 aromatic rings. The molecule has 0 aliphatic carbocycles. The van der Waals surface area contributed by atoms with Gasteiger partial charge in [0, 0.05) is 23.0 Å². The molecule has 136 valence electrons. The number of ether oxygens (including phenoxy) is 1. The topological polar surface area (TPSA) is 110 Å². The molecule has 1 aliphatic heterocycles. The largest absolute Gasteiger partial charge is 0.504 e. The summed E-state index contributed by atoms with van der Waals surface area (Å²) in [7, 11) is 0. The third-order valence-electron chi connectivity index (χ3n) is 5.01. The van der Waals surface area contributed by atoms with Crippen LogP contribution >= 0.6 is 0 Å². The molecule has 0 aromatic heterocycles. The molecule has 0 amide bonds. The number of aromatic hydroxyl groups is 5. The van der Waals surface area contributed by atoms with Crippen LogP contribution < -0.4 is 4.74 Å². The number of hydrogen-bond acceptors (Lipinski definition) is 6. The van der Waals surface area contributed by atoms with E-state index in [0.29, 0.717) is 5.56 Å². The Bertz CT molecular complexity index is 919. The summed E-state index contributed by atoms with van der Waals surface area (Å²) in [6.45, 7) is 9.53. The highest BCUT2D eigenvalue weighted by Gasteiger charge is 2.48. The van der Waals surface area contributed by atoms with Crippen molar-refractivity contribution in [1.82, 2.24) is 0 Å². The molecular weight excluding hydrogens is 336 g/mol. The summed E-state index contributed by atoms with van der Waals surface area (Å²) < 4.78 is 6.01. The first-order valence-corrected chi connectivity index (χ1v) is 7.95. The van der Waals surface area contributed by atoms with Crippen LogP contribution in [0.2, 0.25) is 0 Å². The minimum absolute atomic E-state index is 0.0329. The Morgan fingerprint density at radius 1 is 0.846 bits per heavy atom. The van der Waals surface area contributed by atoms with E-state index in [-0.39, 0.29) is 23.5 Å². The maximum Gasteiger partial charge on any atom is 0.200 e. The van der Waals surface area contributed by atoms with E-state index in [1.54, 1.807) is 12.1 Å².